The molecule has 1 aromatic heterocycles. The van der Waals surface area contributed by atoms with Gasteiger partial charge in [-0.25, -0.2) is 13.4 Å². The smallest absolute Gasteiger partial charge is 0.311 e. The Bertz CT molecular complexity index is 622. The van der Waals surface area contributed by atoms with E-state index in [-0.39, 0.29) is 24.0 Å². The van der Waals surface area contributed by atoms with Gasteiger partial charge in [0, 0.05) is 13.1 Å². The van der Waals surface area contributed by atoms with E-state index in [1.54, 1.807) is 6.92 Å². The fraction of sp³-hybridized carbons (Fsp3) is 0.667. The maximum Gasteiger partial charge on any atom is 0.311 e. The lowest BCUT2D eigenvalue weighted by Crippen LogP contribution is -2.40. The van der Waals surface area contributed by atoms with Crippen molar-refractivity contribution in [2.75, 3.05) is 13.1 Å². The van der Waals surface area contributed by atoms with E-state index >= 15 is 0 Å². The Hall–Kier alpha value is -1.41. The Morgan fingerprint density at radius 1 is 1.55 bits per heavy atom. The van der Waals surface area contributed by atoms with Gasteiger partial charge in [0.15, 0.2) is 5.03 Å². The third-order valence-electron chi connectivity index (χ3n) is 4.09. The van der Waals surface area contributed by atoms with Crippen molar-refractivity contribution in [2.24, 2.45) is 11.3 Å². The SMILES string of the molecule is Cc1ncc(S(=O)(=O)N2CCC(C(=O)O)(C(C)C)C2)[nH]1. The van der Waals surface area contributed by atoms with Crippen LogP contribution in [-0.2, 0) is 14.8 Å². The van der Waals surface area contributed by atoms with Gasteiger partial charge in [-0.05, 0) is 19.3 Å². The summed E-state index contributed by atoms with van der Waals surface area (Å²) in [5.41, 5.74) is -1.01. The molecular weight excluding hydrogens is 282 g/mol. The predicted octanol–water partition coefficient (Wildman–Crippen LogP) is 0.840. The van der Waals surface area contributed by atoms with E-state index in [9.17, 15) is 18.3 Å². The third-order valence-corrected chi connectivity index (χ3v) is 5.85. The molecule has 7 nitrogen and oxygen atoms in total. The molecule has 0 amide bonds. The van der Waals surface area contributed by atoms with Crippen molar-refractivity contribution in [2.45, 2.75) is 32.2 Å². The van der Waals surface area contributed by atoms with E-state index < -0.39 is 21.4 Å². The second kappa shape index (κ2) is 4.85. The zero-order chi connectivity index (χ0) is 15.1. The zero-order valence-corrected chi connectivity index (χ0v) is 12.6. The van der Waals surface area contributed by atoms with Crippen molar-refractivity contribution < 1.29 is 18.3 Å². The molecule has 2 heterocycles. The van der Waals surface area contributed by atoms with Crippen molar-refractivity contribution in [3.8, 4) is 0 Å². The molecule has 0 aromatic carbocycles. The van der Waals surface area contributed by atoms with Crippen LogP contribution in [0.25, 0.3) is 0 Å². The molecule has 1 aliphatic rings. The first kappa shape index (κ1) is 15.0. The molecule has 0 radical (unpaired) electrons. The number of imidazole rings is 1. The van der Waals surface area contributed by atoms with Crippen LogP contribution in [0.1, 0.15) is 26.1 Å². The van der Waals surface area contributed by atoms with Gasteiger partial charge in [0.2, 0.25) is 0 Å². The standard InChI is InChI=1S/C12H19N3O4S/c1-8(2)12(11(16)17)4-5-15(7-12)20(18,19)10-6-13-9(3)14-10/h6,8H,4-5,7H2,1-3H3,(H,13,14)(H,16,17). The van der Waals surface area contributed by atoms with E-state index in [0.29, 0.717) is 12.2 Å². The van der Waals surface area contributed by atoms with E-state index in [4.69, 9.17) is 0 Å². The number of carbonyl (C=O) groups is 1. The normalized spacial score (nSPS) is 24.4. The minimum absolute atomic E-state index is 0.000398. The van der Waals surface area contributed by atoms with Gasteiger partial charge in [-0.1, -0.05) is 13.8 Å². The Morgan fingerprint density at radius 2 is 2.20 bits per heavy atom. The molecule has 0 spiro atoms. The van der Waals surface area contributed by atoms with Crippen LogP contribution < -0.4 is 0 Å². The number of aryl methyl sites for hydroxylation is 1. The monoisotopic (exact) mass is 301 g/mol. The summed E-state index contributed by atoms with van der Waals surface area (Å²) in [6, 6.07) is 0. The van der Waals surface area contributed by atoms with E-state index in [1.165, 1.54) is 10.5 Å². The van der Waals surface area contributed by atoms with Gasteiger partial charge in [0.05, 0.1) is 11.6 Å². The minimum atomic E-state index is -3.70. The highest BCUT2D eigenvalue weighted by Crippen LogP contribution is 2.40. The zero-order valence-electron chi connectivity index (χ0n) is 11.8. The van der Waals surface area contributed by atoms with Gasteiger partial charge < -0.3 is 10.1 Å². The fourth-order valence-corrected chi connectivity index (χ4v) is 4.04. The average Bonchev–Trinajstić information content (AvgIpc) is 2.95. The number of nitrogens with zero attached hydrogens (tertiary/aromatic N) is 2. The van der Waals surface area contributed by atoms with E-state index in [0.717, 1.165) is 0 Å². The van der Waals surface area contributed by atoms with Gasteiger partial charge in [0.25, 0.3) is 10.0 Å². The number of carboxylic acid groups (broad SMARTS) is 1. The van der Waals surface area contributed by atoms with Crippen LogP contribution in [0.15, 0.2) is 11.2 Å². The maximum absolute atomic E-state index is 12.4. The summed E-state index contributed by atoms with van der Waals surface area (Å²) < 4.78 is 26.1. The van der Waals surface area contributed by atoms with Crippen LogP contribution in [0.5, 0.6) is 0 Å². The number of aromatic amines is 1. The van der Waals surface area contributed by atoms with Crippen molar-refractivity contribution >= 4 is 16.0 Å². The summed E-state index contributed by atoms with van der Waals surface area (Å²) in [5.74, 6) is -0.564. The molecule has 0 bridgehead atoms. The molecule has 0 aliphatic carbocycles. The van der Waals surface area contributed by atoms with Gasteiger partial charge in [-0.2, -0.15) is 4.31 Å². The van der Waals surface area contributed by atoms with Crippen molar-refractivity contribution in [1.29, 1.82) is 0 Å². The van der Waals surface area contributed by atoms with E-state index in [2.05, 4.69) is 9.97 Å². The van der Waals surface area contributed by atoms with Gasteiger partial charge in [-0.3, -0.25) is 4.79 Å². The van der Waals surface area contributed by atoms with Crippen molar-refractivity contribution in [3.63, 3.8) is 0 Å². The molecule has 2 N–H and O–H groups in total. The summed E-state index contributed by atoms with van der Waals surface area (Å²) >= 11 is 0. The first-order chi connectivity index (χ1) is 9.20. The molecule has 1 saturated heterocycles. The Morgan fingerprint density at radius 3 is 2.60 bits per heavy atom. The quantitative estimate of drug-likeness (QED) is 0.857. The molecule has 1 unspecified atom stereocenters. The molecule has 1 atom stereocenters. The molecule has 1 fully saturated rings. The number of rotatable bonds is 4. The van der Waals surface area contributed by atoms with Gasteiger partial charge >= 0.3 is 5.97 Å². The molecular formula is C12H19N3O4S. The molecule has 112 valence electrons. The Balaban J connectivity index is 2.31. The minimum Gasteiger partial charge on any atom is -0.481 e. The second-order valence-electron chi connectivity index (χ2n) is 5.54. The number of aliphatic carboxylic acids is 1. The number of hydrogen-bond donors (Lipinski definition) is 2. The topological polar surface area (TPSA) is 103 Å². The van der Waals surface area contributed by atoms with Crippen molar-refractivity contribution in [3.05, 3.63) is 12.0 Å². The van der Waals surface area contributed by atoms with E-state index in [1.807, 2.05) is 13.8 Å². The number of aromatic nitrogens is 2. The lowest BCUT2D eigenvalue weighted by molar-refractivity contribution is -0.150. The van der Waals surface area contributed by atoms with Crippen LogP contribution in [0.3, 0.4) is 0 Å². The summed E-state index contributed by atoms with van der Waals surface area (Å²) in [6.07, 6.45) is 1.59. The summed E-state index contributed by atoms with van der Waals surface area (Å²) in [4.78, 5) is 18.1. The molecule has 1 aliphatic heterocycles. The summed E-state index contributed by atoms with van der Waals surface area (Å²) in [5, 5.41) is 9.46. The Labute approximate surface area is 118 Å². The molecule has 2 rings (SSSR count). The van der Waals surface area contributed by atoms with Crippen LogP contribution in [0.2, 0.25) is 0 Å². The number of nitrogens with one attached hydrogen (secondary N) is 1. The van der Waals surface area contributed by atoms with Crippen LogP contribution in [-0.4, -0.2) is 46.9 Å². The predicted molar refractivity (Wildman–Crippen MR) is 71.6 cm³/mol. The number of carboxylic acids is 1. The van der Waals surface area contributed by atoms with Gasteiger partial charge in [-0.15, -0.1) is 0 Å². The molecule has 8 heteroatoms. The van der Waals surface area contributed by atoms with Gasteiger partial charge in [0.1, 0.15) is 5.82 Å². The number of hydrogen-bond acceptors (Lipinski definition) is 4. The Kier molecular flexibility index (Phi) is 3.64. The summed E-state index contributed by atoms with van der Waals surface area (Å²) in [6.45, 7) is 5.50. The fourth-order valence-electron chi connectivity index (χ4n) is 2.56. The highest BCUT2D eigenvalue weighted by atomic mass is 32.2. The molecule has 0 saturated carbocycles. The molecule has 1 aromatic rings. The van der Waals surface area contributed by atoms with Crippen molar-refractivity contribution in [1.82, 2.24) is 14.3 Å². The summed E-state index contributed by atoms with van der Waals surface area (Å²) in [7, 11) is -3.70. The first-order valence-corrected chi connectivity index (χ1v) is 7.89. The average molecular weight is 301 g/mol. The number of sulfonamides is 1. The number of H-pyrrole nitrogens is 1. The third kappa shape index (κ3) is 2.22. The molecule has 20 heavy (non-hydrogen) atoms. The van der Waals surface area contributed by atoms with Crippen LogP contribution >= 0.6 is 0 Å². The lowest BCUT2D eigenvalue weighted by Gasteiger charge is -2.28. The highest BCUT2D eigenvalue weighted by Gasteiger charge is 2.50. The lowest BCUT2D eigenvalue weighted by atomic mass is 9.77. The first-order valence-electron chi connectivity index (χ1n) is 6.45. The second-order valence-corrected chi connectivity index (χ2v) is 7.44. The van der Waals surface area contributed by atoms with Crippen LogP contribution in [0, 0.1) is 18.3 Å². The maximum atomic E-state index is 12.4. The van der Waals surface area contributed by atoms with Crippen LogP contribution in [0.4, 0.5) is 0 Å². The largest absolute Gasteiger partial charge is 0.481 e. The highest BCUT2D eigenvalue weighted by molar-refractivity contribution is 7.89.